The van der Waals surface area contributed by atoms with Gasteiger partial charge in [0.1, 0.15) is 0 Å². The van der Waals surface area contributed by atoms with E-state index in [-0.39, 0.29) is 54.6 Å². The molecule has 0 aromatic heterocycles. The molecule has 0 aromatic rings. The summed E-state index contributed by atoms with van der Waals surface area (Å²) in [6.45, 7) is 3.89. The fraction of sp³-hybridized carbons (Fsp3) is 0.500. The molecule has 0 aromatic carbocycles. The van der Waals surface area contributed by atoms with Crippen molar-refractivity contribution in [3.63, 3.8) is 0 Å². The maximum absolute atomic E-state index is 8.89. The zero-order valence-corrected chi connectivity index (χ0v) is 18.8. The molecule has 10 heteroatoms. The Labute approximate surface area is 145 Å². The Morgan fingerprint density at radius 2 is 0.500 bits per heavy atom. The topological polar surface area (TPSA) is 161 Å². The van der Waals surface area contributed by atoms with E-state index in [0.29, 0.717) is 0 Å². The molecular weight excluding hydrogens is 449 g/mol. The van der Waals surface area contributed by atoms with Gasteiger partial charge in [-0.05, 0) is 27.7 Å². The van der Waals surface area contributed by atoms with E-state index in [1.165, 1.54) is 0 Å². The molecule has 0 saturated heterocycles. The van der Waals surface area contributed by atoms with Crippen molar-refractivity contribution < 1.29 is 94.2 Å². The molecule has 0 heterocycles. The zero-order valence-electron chi connectivity index (χ0n) is 10.7. The number of aliphatic carboxylic acids is 4. The molecule has 0 aliphatic rings. The van der Waals surface area contributed by atoms with Gasteiger partial charge in [-0.3, -0.25) is 0 Å². The van der Waals surface area contributed by atoms with Gasteiger partial charge in [-0.1, -0.05) is 0 Å². The molecule has 0 unspecified atom stereocenters. The minimum Gasteiger partial charge on any atom is -0.550 e. The summed E-state index contributed by atoms with van der Waals surface area (Å²) in [4.78, 5) is 35.6. The molecule has 96 valence electrons. The van der Waals surface area contributed by atoms with Crippen LogP contribution in [0, 0.1) is 0 Å². The molecule has 0 radical (unpaired) electrons. The van der Waals surface area contributed by atoms with Crippen LogP contribution in [0.4, 0.5) is 0 Å². The van der Waals surface area contributed by atoms with Crippen LogP contribution in [0.15, 0.2) is 0 Å². The predicted octanol–water partition coefficient (Wildman–Crippen LogP) is -4.98. The van der Waals surface area contributed by atoms with E-state index < -0.39 is 23.9 Å². The van der Waals surface area contributed by atoms with E-state index >= 15 is 0 Å². The quantitative estimate of drug-likeness (QED) is 0.325. The number of carbonyl (C=O) groups excluding carboxylic acids is 4. The zero-order chi connectivity index (χ0) is 14.3. The summed E-state index contributed by atoms with van der Waals surface area (Å²) in [6.07, 6.45) is 0. The first-order valence-corrected chi connectivity index (χ1v) is 3.63. The molecule has 0 N–H and O–H groups in total. The van der Waals surface area contributed by atoms with Crippen LogP contribution in [-0.2, 0) is 73.8 Å². The van der Waals surface area contributed by atoms with Gasteiger partial charge in [0.15, 0.2) is 0 Å². The number of hydrogen-bond donors (Lipinski definition) is 0. The van der Waals surface area contributed by atoms with Crippen molar-refractivity contribution in [2.24, 2.45) is 0 Å². The van der Waals surface area contributed by atoms with E-state index in [2.05, 4.69) is 0 Å². The molecule has 0 aliphatic heterocycles. The Hall–Kier alpha value is -0.276. The number of rotatable bonds is 0. The van der Waals surface area contributed by atoms with Crippen molar-refractivity contribution in [1.82, 2.24) is 0 Å². The molecule has 0 amide bonds. The van der Waals surface area contributed by atoms with E-state index in [4.69, 9.17) is 39.6 Å². The third-order valence-corrected chi connectivity index (χ3v) is 0. The largest absolute Gasteiger partial charge is 2.00 e. The molecule has 0 atom stereocenters. The van der Waals surface area contributed by atoms with Gasteiger partial charge in [0.2, 0.25) is 0 Å². The van der Waals surface area contributed by atoms with Crippen LogP contribution < -0.4 is 20.4 Å². The van der Waals surface area contributed by atoms with Crippen molar-refractivity contribution >= 4 is 23.9 Å². The summed E-state index contributed by atoms with van der Waals surface area (Å²) in [5, 5.41) is 35.6. The molecule has 0 saturated carbocycles. The molecular formula is C8H12Cd2O8. The normalized spacial score (nSPS) is 5.56. The van der Waals surface area contributed by atoms with Gasteiger partial charge in [-0.15, -0.1) is 0 Å². The number of carboxylic acids is 4. The second kappa shape index (κ2) is 30.1. The number of hydrogen-bond acceptors (Lipinski definition) is 8. The second-order valence-corrected chi connectivity index (χ2v) is 1.97. The molecule has 0 bridgehead atoms. The van der Waals surface area contributed by atoms with Crippen LogP contribution in [0.25, 0.3) is 0 Å². The summed E-state index contributed by atoms with van der Waals surface area (Å²) in [6, 6.07) is 0. The van der Waals surface area contributed by atoms with Gasteiger partial charge in [-0.25, -0.2) is 0 Å². The Bertz CT molecular complexity index is 165. The Balaban J connectivity index is -0.0000000257. The minimum absolute atomic E-state index is 0. The van der Waals surface area contributed by atoms with E-state index in [1.54, 1.807) is 0 Å². The van der Waals surface area contributed by atoms with Gasteiger partial charge >= 0.3 is 54.6 Å². The predicted molar refractivity (Wildman–Crippen MR) is 42.7 cm³/mol. The first-order valence-electron chi connectivity index (χ1n) is 3.63. The third-order valence-electron chi connectivity index (χ3n) is 0. The van der Waals surface area contributed by atoms with Gasteiger partial charge in [0.25, 0.3) is 0 Å². The average molecular weight is 461 g/mol. The Morgan fingerprint density at radius 1 is 0.500 bits per heavy atom. The smallest absolute Gasteiger partial charge is 0.550 e. The van der Waals surface area contributed by atoms with Crippen LogP contribution in [0.5, 0.6) is 0 Å². The third kappa shape index (κ3) is 44800. The van der Waals surface area contributed by atoms with Crippen molar-refractivity contribution in [3.05, 3.63) is 0 Å². The van der Waals surface area contributed by atoms with Crippen molar-refractivity contribution in [3.8, 4) is 0 Å². The summed E-state index contributed by atoms with van der Waals surface area (Å²) >= 11 is 0. The Morgan fingerprint density at radius 3 is 0.500 bits per heavy atom. The van der Waals surface area contributed by atoms with Gasteiger partial charge in [0, 0.05) is 23.9 Å². The SMILES string of the molecule is CC(=O)[O-].CC(=O)[O-].CC(=O)[O-].CC(=O)[O-].[Cd+2].[Cd+2]. The molecule has 18 heavy (non-hydrogen) atoms. The molecule has 0 spiro atoms. The first kappa shape index (κ1) is 36.1. The van der Waals surface area contributed by atoms with Gasteiger partial charge in [-0.2, -0.15) is 0 Å². The van der Waals surface area contributed by atoms with Crippen LogP contribution in [-0.4, -0.2) is 23.9 Å². The average Bonchev–Trinajstić information content (AvgIpc) is 1.76. The van der Waals surface area contributed by atoms with E-state index in [0.717, 1.165) is 27.7 Å². The fourth-order valence-corrected chi connectivity index (χ4v) is 0. The summed E-state index contributed by atoms with van der Waals surface area (Å²) in [5.74, 6) is -4.33. The summed E-state index contributed by atoms with van der Waals surface area (Å²) in [7, 11) is 0. The summed E-state index contributed by atoms with van der Waals surface area (Å²) < 4.78 is 0. The van der Waals surface area contributed by atoms with E-state index in [9.17, 15) is 0 Å². The van der Waals surface area contributed by atoms with Crippen LogP contribution in [0.3, 0.4) is 0 Å². The van der Waals surface area contributed by atoms with Crippen molar-refractivity contribution in [2.75, 3.05) is 0 Å². The monoisotopic (exact) mass is 464 g/mol. The fourth-order valence-electron chi connectivity index (χ4n) is 0. The second-order valence-electron chi connectivity index (χ2n) is 1.97. The summed E-state index contributed by atoms with van der Waals surface area (Å²) in [5.41, 5.74) is 0. The van der Waals surface area contributed by atoms with Crippen LogP contribution in [0.1, 0.15) is 27.7 Å². The Kier molecular flexibility index (Phi) is 60.3. The van der Waals surface area contributed by atoms with Crippen LogP contribution in [0.2, 0.25) is 0 Å². The number of carboxylic acid groups (broad SMARTS) is 4. The molecule has 0 rings (SSSR count). The molecule has 0 fully saturated rings. The van der Waals surface area contributed by atoms with Crippen LogP contribution >= 0.6 is 0 Å². The van der Waals surface area contributed by atoms with Crippen molar-refractivity contribution in [1.29, 1.82) is 0 Å². The molecule has 8 nitrogen and oxygen atoms in total. The van der Waals surface area contributed by atoms with E-state index in [1.807, 2.05) is 0 Å². The first-order chi connectivity index (χ1) is 6.93. The molecule has 0 aliphatic carbocycles. The number of carbonyl (C=O) groups is 4. The maximum atomic E-state index is 8.89. The minimum atomic E-state index is -1.08. The standard InChI is InChI=1S/4C2H4O2.2Cd/c4*1-2(3)4;;/h4*1H3,(H,3,4);;/q;;;;2*+2/p-4. The van der Waals surface area contributed by atoms with Crippen molar-refractivity contribution in [2.45, 2.75) is 27.7 Å². The maximum Gasteiger partial charge on any atom is 2.00 e. The van der Waals surface area contributed by atoms with Gasteiger partial charge < -0.3 is 39.6 Å². The van der Waals surface area contributed by atoms with Gasteiger partial charge in [0.05, 0.1) is 0 Å².